The molecule has 0 aliphatic carbocycles. The Morgan fingerprint density at radius 3 is 2.75 bits per heavy atom. The van der Waals surface area contributed by atoms with Gasteiger partial charge in [-0.25, -0.2) is 9.37 Å². The fourth-order valence-electron chi connectivity index (χ4n) is 2.23. The third kappa shape index (κ3) is 1.93. The average molecular weight is 269 g/mol. The first-order valence-corrected chi connectivity index (χ1v) is 6.08. The van der Waals surface area contributed by atoms with Crippen molar-refractivity contribution in [3.8, 4) is 11.4 Å². The lowest BCUT2D eigenvalue weighted by atomic mass is 10.2. The van der Waals surface area contributed by atoms with Gasteiger partial charge in [-0.15, -0.1) is 0 Å². The Labute approximate surface area is 114 Å². The predicted molar refractivity (Wildman–Crippen MR) is 74.6 cm³/mol. The van der Waals surface area contributed by atoms with Gasteiger partial charge in [0.1, 0.15) is 11.6 Å². The van der Waals surface area contributed by atoms with Crippen LogP contribution in [0.3, 0.4) is 0 Å². The van der Waals surface area contributed by atoms with E-state index >= 15 is 0 Å². The summed E-state index contributed by atoms with van der Waals surface area (Å²) in [4.78, 5) is 15.7. The summed E-state index contributed by atoms with van der Waals surface area (Å²) < 4.78 is 15.1. The van der Waals surface area contributed by atoms with Crippen LogP contribution in [0.2, 0.25) is 0 Å². The molecule has 0 saturated carbocycles. The van der Waals surface area contributed by atoms with E-state index in [9.17, 15) is 9.18 Å². The molecule has 0 radical (unpaired) electrons. The summed E-state index contributed by atoms with van der Waals surface area (Å²) in [6.45, 7) is 0. The number of rotatable bonds is 2. The molecule has 0 spiro atoms. The number of nitrogens with zero attached hydrogens (tertiary/aromatic N) is 2. The number of hydrogen-bond acceptors (Lipinski definition) is 2. The number of carbonyl (C=O) groups is 1. The van der Waals surface area contributed by atoms with Gasteiger partial charge in [0.05, 0.1) is 11.0 Å². The molecule has 0 atom stereocenters. The molecule has 100 valence electrons. The second-order valence-corrected chi connectivity index (χ2v) is 4.57. The fraction of sp³-hybridized carbons (Fsp3) is 0.0667. The van der Waals surface area contributed by atoms with Crippen LogP contribution < -0.4 is 5.73 Å². The Balaban J connectivity index is 2.23. The minimum atomic E-state index is -0.486. The van der Waals surface area contributed by atoms with Gasteiger partial charge in [-0.1, -0.05) is 12.1 Å². The van der Waals surface area contributed by atoms with Gasteiger partial charge in [-0.3, -0.25) is 4.79 Å². The van der Waals surface area contributed by atoms with Gasteiger partial charge in [-0.2, -0.15) is 0 Å². The van der Waals surface area contributed by atoms with E-state index < -0.39 is 5.91 Å². The standard InChI is InChI=1S/C15H12FN3O/c1-19-13-8-9(14(17)20)5-6-12(13)18-15(19)10-3-2-4-11(16)7-10/h2-8H,1H3,(H2,17,20). The number of carbonyl (C=O) groups excluding carboxylic acids is 1. The molecule has 0 aliphatic heterocycles. The summed E-state index contributed by atoms with van der Waals surface area (Å²) in [5, 5.41) is 0. The molecule has 3 rings (SSSR count). The Kier molecular flexibility index (Phi) is 2.75. The molecule has 3 aromatic rings. The molecule has 2 N–H and O–H groups in total. The Morgan fingerprint density at radius 1 is 1.25 bits per heavy atom. The van der Waals surface area contributed by atoms with Crippen LogP contribution >= 0.6 is 0 Å². The molecule has 0 aliphatic rings. The van der Waals surface area contributed by atoms with Crippen molar-refractivity contribution < 1.29 is 9.18 Å². The van der Waals surface area contributed by atoms with Crippen molar-refractivity contribution in [3.05, 3.63) is 53.8 Å². The zero-order valence-electron chi connectivity index (χ0n) is 10.8. The van der Waals surface area contributed by atoms with E-state index in [2.05, 4.69) is 4.98 Å². The summed E-state index contributed by atoms with van der Waals surface area (Å²) in [5.41, 5.74) is 7.89. The number of imidazole rings is 1. The highest BCUT2D eigenvalue weighted by atomic mass is 19.1. The van der Waals surface area contributed by atoms with Crippen molar-refractivity contribution in [1.29, 1.82) is 0 Å². The number of benzene rings is 2. The number of nitrogens with two attached hydrogens (primary N) is 1. The molecule has 4 nitrogen and oxygen atoms in total. The lowest BCUT2D eigenvalue weighted by Gasteiger charge is -2.03. The van der Waals surface area contributed by atoms with E-state index in [-0.39, 0.29) is 5.82 Å². The van der Waals surface area contributed by atoms with Gasteiger partial charge in [0.2, 0.25) is 5.91 Å². The van der Waals surface area contributed by atoms with Gasteiger partial charge in [0, 0.05) is 18.2 Å². The normalized spacial score (nSPS) is 10.9. The van der Waals surface area contributed by atoms with Crippen molar-refractivity contribution in [2.45, 2.75) is 0 Å². The second-order valence-electron chi connectivity index (χ2n) is 4.57. The summed E-state index contributed by atoms with van der Waals surface area (Å²) >= 11 is 0. The Morgan fingerprint density at radius 2 is 2.05 bits per heavy atom. The number of aromatic nitrogens is 2. The number of halogens is 1. The second kappa shape index (κ2) is 4.45. The molecular weight excluding hydrogens is 257 g/mol. The van der Waals surface area contributed by atoms with Crippen LogP contribution in [0.25, 0.3) is 22.4 Å². The first kappa shape index (κ1) is 12.3. The van der Waals surface area contributed by atoms with Crippen molar-refractivity contribution in [1.82, 2.24) is 9.55 Å². The number of hydrogen-bond donors (Lipinski definition) is 1. The lowest BCUT2D eigenvalue weighted by molar-refractivity contribution is 0.100. The molecule has 1 heterocycles. The van der Waals surface area contributed by atoms with Gasteiger partial charge in [0.15, 0.2) is 0 Å². The molecule has 0 bridgehead atoms. The topological polar surface area (TPSA) is 60.9 Å². The third-order valence-corrected chi connectivity index (χ3v) is 3.25. The predicted octanol–water partition coefficient (Wildman–Crippen LogP) is 2.48. The quantitative estimate of drug-likeness (QED) is 0.777. The van der Waals surface area contributed by atoms with Crippen LogP contribution in [0.1, 0.15) is 10.4 Å². The minimum absolute atomic E-state index is 0.313. The smallest absolute Gasteiger partial charge is 0.248 e. The Bertz CT molecular complexity index is 823. The third-order valence-electron chi connectivity index (χ3n) is 3.25. The molecule has 1 aromatic heterocycles. The summed E-state index contributed by atoms with van der Waals surface area (Å²) in [6.07, 6.45) is 0. The summed E-state index contributed by atoms with van der Waals surface area (Å²) in [6, 6.07) is 11.3. The van der Waals surface area contributed by atoms with Gasteiger partial charge >= 0.3 is 0 Å². The maximum atomic E-state index is 13.3. The molecule has 0 saturated heterocycles. The summed E-state index contributed by atoms with van der Waals surface area (Å²) in [5.74, 6) is -0.158. The van der Waals surface area contributed by atoms with Crippen LogP contribution in [0.5, 0.6) is 0 Å². The highest BCUT2D eigenvalue weighted by molar-refractivity contribution is 5.96. The monoisotopic (exact) mass is 269 g/mol. The van der Waals surface area contributed by atoms with Crippen LogP contribution in [0.15, 0.2) is 42.5 Å². The van der Waals surface area contributed by atoms with E-state index in [1.54, 1.807) is 30.3 Å². The van der Waals surface area contributed by atoms with E-state index in [4.69, 9.17) is 5.73 Å². The van der Waals surface area contributed by atoms with Crippen LogP contribution in [0.4, 0.5) is 4.39 Å². The summed E-state index contributed by atoms with van der Waals surface area (Å²) in [7, 11) is 1.82. The van der Waals surface area contributed by atoms with Crippen molar-refractivity contribution in [2.24, 2.45) is 12.8 Å². The molecule has 0 fully saturated rings. The largest absolute Gasteiger partial charge is 0.366 e. The first-order chi connectivity index (χ1) is 9.56. The maximum Gasteiger partial charge on any atom is 0.248 e. The molecule has 0 unspecified atom stereocenters. The zero-order valence-corrected chi connectivity index (χ0v) is 10.8. The molecule has 1 amide bonds. The SMILES string of the molecule is Cn1c(-c2cccc(F)c2)nc2ccc(C(N)=O)cc21. The molecule has 2 aromatic carbocycles. The minimum Gasteiger partial charge on any atom is -0.366 e. The van der Waals surface area contributed by atoms with E-state index in [1.807, 2.05) is 11.6 Å². The number of aryl methyl sites for hydroxylation is 1. The van der Waals surface area contributed by atoms with Crippen molar-refractivity contribution in [3.63, 3.8) is 0 Å². The van der Waals surface area contributed by atoms with Crippen LogP contribution in [0, 0.1) is 5.82 Å². The molecule has 5 heteroatoms. The lowest BCUT2D eigenvalue weighted by Crippen LogP contribution is -2.10. The van der Waals surface area contributed by atoms with Gasteiger partial charge in [-0.05, 0) is 30.3 Å². The maximum absolute atomic E-state index is 13.3. The van der Waals surface area contributed by atoms with Crippen molar-refractivity contribution >= 4 is 16.9 Å². The van der Waals surface area contributed by atoms with E-state index in [0.717, 1.165) is 11.0 Å². The highest BCUT2D eigenvalue weighted by Crippen LogP contribution is 2.24. The van der Waals surface area contributed by atoms with E-state index in [1.165, 1.54) is 12.1 Å². The Hall–Kier alpha value is -2.69. The first-order valence-electron chi connectivity index (χ1n) is 6.08. The van der Waals surface area contributed by atoms with Crippen LogP contribution in [-0.4, -0.2) is 15.5 Å². The molecule has 20 heavy (non-hydrogen) atoms. The fourth-order valence-corrected chi connectivity index (χ4v) is 2.23. The van der Waals surface area contributed by atoms with Crippen LogP contribution in [-0.2, 0) is 7.05 Å². The average Bonchev–Trinajstić information content (AvgIpc) is 2.76. The number of amides is 1. The molecular formula is C15H12FN3O. The van der Waals surface area contributed by atoms with Gasteiger partial charge in [0.25, 0.3) is 0 Å². The highest BCUT2D eigenvalue weighted by Gasteiger charge is 2.12. The number of primary amides is 1. The van der Waals surface area contributed by atoms with Gasteiger partial charge < -0.3 is 10.3 Å². The zero-order chi connectivity index (χ0) is 14.3. The number of fused-ring (bicyclic) bond motifs is 1. The van der Waals surface area contributed by atoms with E-state index in [0.29, 0.717) is 17.0 Å². The van der Waals surface area contributed by atoms with Crippen molar-refractivity contribution in [2.75, 3.05) is 0 Å².